The van der Waals surface area contributed by atoms with E-state index in [1.165, 1.54) is 18.4 Å². The van der Waals surface area contributed by atoms with Crippen molar-refractivity contribution in [3.05, 3.63) is 59.4 Å². The molecule has 0 unspecified atom stereocenters. The van der Waals surface area contributed by atoms with Crippen molar-refractivity contribution >= 4 is 0 Å². The summed E-state index contributed by atoms with van der Waals surface area (Å²) in [6.07, 6.45) is 4.76. The molecule has 1 nitrogen and oxygen atoms in total. The number of nitrogens with zero attached hydrogens (tertiary/aromatic N) is 1. The molecule has 0 amide bonds. The third-order valence-corrected chi connectivity index (χ3v) is 3.99. The predicted octanol–water partition coefficient (Wildman–Crippen LogP) is 3.76. The molecule has 0 bridgehead atoms. The van der Waals surface area contributed by atoms with E-state index in [1.807, 2.05) is 0 Å². The molecule has 1 heteroatoms. The van der Waals surface area contributed by atoms with Gasteiger partial charge in [-0.3, -0.25) is 0 Å². The molecule has 88 valence electrons. The average molecular weight is 225 g/mol. The predicted molar refractivity (Wildman–Crippen MR) is 71.3 cm³/mol. The zero-order valence-corrected chi connectivity index (χ0v) is 10.6. The summed E-state index contributed by atoms with van der Waals surface area (Å²) in [5, 5.41) is 0. The second-order valence-electron chi connectivity index (χ2n) is 5.67. The Balaban J connectivity index is 1.92. The van der Waals surface area contributed by atoms with Crippen LogP contribution >= 0.6 is 0 Å². The number of hydrogen-bond acceptors (Lipinski definition) is 0. The van der Waals surface area contributed by atoms with Crippen LogP contribution in [0.5, 0.6) is 0 Å². The van der Waals surface area contributed by atoms with Crippen LogP contribution in [0, 0.1) is 0 Å². The summed E-state index contributed by atoms with van der Waals surface area (Å²) in [7, 11) is 0. The van der Waals surface area contributed by atoms with Gasteiger partial charge >= 0.3 is 0 Å². The fraction of sp³-hybridized carbons (Fsp3) is 0.375. The second-order valence-corrected chi connectivity index (χ2v) is 5.67. The summed E-state index contributed by atoms with van der Waals surface area (Å²) in [6.45, 7) is 5.71. The lowest BCUT2D eigenvalue weighted by atomic mass is 9.88. The molecule has 1 aromatic carbocycles. The lowest BCUT2D eigenvalue weighted by Gasteiger charge is -2.16. The number of rotatable bonds is 2. The Labute approximate surface area is 103 Å². The lowest BCUT2D eigenvalue weighted by molar-refractivity contribution is 0.520. The molecule has 0 fully saturated rings. The summed E-state index contributed by atoms with van der Waals surface area (Å²) in [4.78, 5) is 0. The Kier molecular flexibility index (Phi) is 2.36. The third-order valence-electron chi connectivity index (χ3n) is 3.99. The Morgan fingerprint density at radius 1 is 1.12 bits per heavy atom. The van der Waals surface area contributed by atoms with E-state index in [-0.39, 0.29) is 0 Å². The maximum Gasteiger partial charge on any atom is 0.0472 e. The highest BCUT2D eigenvalue weighted by Crippen LogP contribution is 2.38. The van der Waals surface area contributed by atoms with Crippen molar-refractivity contribution in [3.8, 4) is 0 Å². The quantitative estimate of drug-likeness (QED) is 0.733. The highest BCUT2D eigenvalue weighted by atomic mass is 15.0. The molecule has 17 heavy (non-hydrogen) atoms. The largest absolute Gasteiger partial charge is 0.347 e. The highest BCUT2D eigenvalue weighted by molar-refractivity contribution is 5.35. The summed E-state index contributed by atoms with van der Waals surface area (Å²) in [5.74, 6) is 0. The van der Waals surface area contributed by atoms with Gasteiger partial charge in [0.15, 0.2) is 0 Å². The zero-order chi connectivity index (χ0) is 11.9. The van der Waals surface area contributed by atoms with Gasteiger partial charge < -0.3 is 4.57 Å². The van der Waals surface area contributed by atoms with Gasteiger partial charge in [0.25, 0.3) is 0 Å². The van der Waals surface area contributed by atoms with Crippen molar-refractivity contribution in [1.29, 1.82) is 0 Å². The van der Waals surface area contributed by atoms with Crippen LogP contribution in [0.3, 0.4) is 0 Å². The maximum atomic E-state index is 2.42. The average Bonchev–Trinajstić information content (AvgIpc) is 2.84. The molecule has 1 aliphatic carbocycles. The molecule has 1 aromatic heterocycles. The Hall–Kier alpha value is -1.50. The summed E-state index contributed by atoms with van der Waals surface area (Å²) in [6, 6.07) is 13.0. The van der Waals surface area contributed by atoms with Crippen molar-refractivity contribution in [3.63, 3.8) is 0 Å². The summed E-state index contributed by atoms with van der Waals surface area (Å²) < 4.78 is 2.42. The lowest BCUT2D eigenvalue weighted by Crippen LogP contribution is -2.10. The minimum atomic E-state index is 0.372. The SMILES string of the molecule is CC1(C)CCc2c1ccn2Cc1ccccc1. The molecule has 3 rings (SSSR count). The molecule has 2 aromatic rings. The molecular weight excluding hydrogens is 206 g/mol. The Morgan fingerprint density at radius 2 is 1.88 bits per heavy atom. The first-order chi connectivity index (χ1) is 8.17. The van der Waals surface area contributed by atoms with Crippen LogP contribution in [0.2, 0.25) is 0 Å². The van der Waals surface area contributed by atoms with E-state index >= 15 is 0 Å². The van der Waals surface area contributed by atoms with Gasteiger partial charge in [-0.2, -0.15) is 0 Å². The molecule has 1 heterocycles. The van der Waals surface area contributed by atoms with Gasteiger partial charge in [-0.1, -0.05) is 44.2 Å². The van der Waals surface area contributed by atoms with Crippen LogP contribution in [0.25, 0.3) is 0 Å². The summed E-state index contributed by atoms with van der Waals surface area (Å²) >= 11 is 0. The number of hydrogen-bond donors (Lipinski definition) is 0. The van der Waals surface area contributed by atoms with E-state index in [0.717, 1.165) is 6.54 Å². The molecule has 0 saturated heterocycles. The van der Waals surface area contributed by atoms with Crippen molar-refractivity contribution in [1.82, 2.24) is 4.57 Å². The van der Waals surface area contributed by atoms with Crippen LogP contribution < -0.4 is 0 Å². The minimum absolute atomic E-state index is 0.372. The Morgan fingerprint density at radius 3 is 2.65 bits per heavy atom. The first-order valence-corrected chi connectivity index (χ1v) is 6.39. The summed E-state index contributed by atoms with van der Waals surface area (Å²) in [5.41, 5.74) is 4.85. The molecule has 0 radical (unpaired) electrons. The fourth-order valence-electron chi connectivity index (χ4n) is 2.89. The Bertz CT molecular complexity index is 520. The molecule has 0 atom stereocenters. The van der Waals surface area contributed by atoms with Crippen molar-refractivity contribution < 1.29 is 0 Å². The third kappa shape index (κ3) is 1.80. The van der Waals surface area contributed by atoms with Crippen LogP contribution in [-0.4, -0.2) is 4.57 Å². The van der Waals surface area contributed by atoms with Crippen LogP contribution in [0.4, 0.5) is 0 Å². The van der Waals surface area contributed by atoms with E-state index in [2.05, 4.69) is 61.0 Å². The van der Waals surface area contributed by atoms with Gasteiger partial charge in [-0.05, 0) is 35.4 Å². The topological polar surface area (TPSA) is 4.93 Å². The van der Waals surface area contributed by atoms with Gasteiger partial charge in [0.05, 0.1) is 0 Å². The molecule has 1 aliphatic rings. The first kappa shape index (κ1) is 10.6. The van der Waals surface area contributed by atoms with Crippen molar-refractivity contribution in [2.24, 2.45) is 0 Å². The maximum absolute atomic E-state index is 2.42. The smallest absolute Gasteiger partial charge is 0.0472 e. The van der Waals surface area contributed by atoms with E-state index in [1.54, 1.807) is 11.3 Å². The van der Waals surface area contributed by atoms with Gasteiger partial charge in [-0.15, -0.1) is 0 Å². The van der Waals surface area contributed by atoms with Crippen LogP contribution in [-0.2, 0) is 18.4 Å². The second kappa shape index (κ2) is 3.76. The van der Waals surface area contributed by atoms with Gasteiger partial charge in [0.2, 0.25) is 0 Å². The number of fused-ring (bicyclic) bond motifs is 1. The van der Waals surface area contributed by atoms with E-state index < -0.39 is 0 Å². The molecule has 0 N–H and O–H groups in total. The van der Waals surface area contributed by atoms with Crippen molar-refractivity contribution in [2.75, 3.05) is 0 Å². The zero-order valence-electron chi connectivity index (χ0n) is 10.6. The van der Waals surface area contributed by atoms with E-state index in [4.69, 9.17) is 0 Å². The standard InChI is InChI=1S/C16H19N/c1-16(2)10-8-15-14(16)9-11-17(15)12-13-6-4-3-5-7-13/h3-7,9,11H,8,10,12H2,1-2H3. The first-order valence-electron chi connectivity index (χ1n) is 6.39. The normalized spacial score (nSPS) is 17.1. The van der Waals surface area contributed by atoms with E-state index in [9.17, 15) is 0 Å². The fourth-order valence-corrected chi connectivity index (χ4v) is 2.89. The molecule has 0 spiro atoms. The van der Waals surface area contributed by atoms with Gasteiger partial charge in [0.1, 0.15) is 0 Å². The number of aromatic nitrogens is 1. The molecule has 0 saturated carbocycles. The minimum Gasteiger partial charge on any atom is -0.347 e. The van der Waals surface area contributed by atoms with Crippen LogP contribution in [0.1, 0.15) is 37.1 Å². The molecule has 0 aliphatic heterocycles. The van der Waals surface area contributed by atoms with Gasteiger partial charge in [-0.25, -0.2) is 0 Å². The van der Waals surface area contributed by atoms with Crippen molar-refractivity contribution in [2.45, 2.75) is 38.6 Å². The van der Waals surface area contributed by atoms with Gasteiger partial charge in [0, 0.05) is 18.4 Å². The highest BCUT2D eigenvalue weighted by Gasteiger charge is 2.31. The monoisotopic (exact) mass is 225 g/mol. The number of benzene rings is 1. The molecular formula is C16H19N. The van der Waals surface area contributed by atoms with E-state index in [0.29, 0.717) is 5.41 Å². The van der Waals surface area contributed by atoms with Crippen LogP contribution in [0.15, 0.2) is 42.6 Å².